The van der Waals surface area contributed by atoms with Gasteiger partial charge in [-0.25, -0.2) is 14.4 Å². The Kier molecular flexibility index (Phi) is 4.06. The molecular weight excluding hydrogens is 371 g/mol. The van der Waals surface area contributed by atoms with Crippen molar-refractivity contribution in [2.24, 2.45) is 0 Å². The topological polar surface area (TPSA) is 78.4 Å². The maximum atomic E-state index is 14.0. The maximum Gasteiger partial charge on any atom is 0.250 e. The summed E-state index contributed by atoms with van der Waals surface area (Å²) in [4.78, 5) is 22.6. The van der Waals surface area contributed by atoms with Crippen LogP contribution in [0.5, 0.6) is 0 Å². The van der Waals surface area contributed by atoms with Crippen molar-refractivity contribution in [1.29, 1.82) is 0 Å². The number of anilines is 3. The largest absolute Gasteiger partial charge is 0.387 e. The first-order valence-corrected chi connectivity index (χ1v) is 9.49. The van der Waals surface area contributed by atoms with Gasteiger partial charge in [-0.05, 0) is 36.6 Å². The number of aliphatic hydroxyl groups excluding tert-OH is 1. The van der Waals surface area contributed by atoms with E-state index < -0.39 is 12.5 Å². The number of amides is 1. The van der Waals surface area contributed by atoms with Gasteiger partial charge in [0.25, 0.3) is 0 Å². The van der Waals surface area contributed by atoms with Gasteiger partial charge in [-0.3, -0.25) is 4.79 Å². The molecular formula is C22H19FN4O2. The minimum absolute atomic E-state index is 0.114. The number of nitrogens with one attached hydrogen (secondary N) is 1. The minimum Gasteiger partial charge on any atom is -0.387 e. The highest BCUT2D eigenvalue weighted by molar-refractivity contribution is 5.92. The number of halogens is 1. The first-order chi connectivity index (χ1) is 14.1. The van der Waals surface area contributed by atoms with Crippen molar-refractivity contribution in [1.82, 2.24) is 9.97 Å². The lowest BCUT2D eigenvalue weighted by atomic mass is 9.98. The van der Waals surface area contributed by atoms with Crippen molar-refractivity contribution in [3.8, 4) is 11.1 Å². The van der Waals surface area contributed by atoms with Crippen molar-refractivity contribution >= 4 is 23.2 Å². The molecule has 29 heavy (non-hydrogen) atoms. The Labute approximate surface area is 167 Å². The van der Waals surface area contributed by atoms with E-state index in [9.17, 15) is 9.18 Å². The molecule has 2 heterocycles. The Morgan fingerprint density at radius 1 is 1.17 bits per heavy atom. The van der Waals surface area contributed by atoms with Crippen LogP contribution in [0.15, 0.2) is 54.9 Å². The number of hydrogen-bond acceptors (Lipinski definition) is 5. The Balaban J connectivity index is 1.49. The summed E-state index contributed by atoms with van der Waals surface area (Å²) < 4.78 is 14.0. The predicted molar refractivity (Wildman–Crippen MR) is 108 cm³/mol. The van der Waals surface area contributed by atoms with E-state index in [1.807, 2.05) is 23.1 Å². The average molecular weight is 390 g/mol. The number of aliphatic hydroxyl groups is 1. The van der Waals surface area contributed by atoms with E-state index in [1.54, 1.807) is 30.6 Å². The summed E-state index contributed by atoms with van der Waals surface area (Å²) >= 11 is 0. The molecule has 0 bridgehead atoms. The summed E-state index contributed by atoms with van der Waals surface area (Å²) in [6.07, 6.45) is 5.48. The third-order valence-electron chi connectivity index (χ3n) is 5.67. The smallest absolute Gasteiger partial charge is 0.250 e. The summed E-state index contributed by atoms with van der Waals surface area (Å²) in [6, 6.07) is 12.3. The Morgan fingerprint density at radius 3 is 2.62 bits per heavy atom. The summed E-state index contributed by atoms with van der Waals surface area (Å²) in [5.74, 6) is -0.224. The van der Waals surface area contributed by atoms with Crippen molar-refractivity contribution in [3.63, 3.8) is 0 Å². The summed E-state index contributed by atoms with van der Waals surface area (Å²) in [6.45, 7) is 0.212. The Bertz CT molecular complexity index is 1100. The third kappa shape index (κ3) is 3.03. The number of aromatic nitrogens is 2. The molecule has 2 aliphatic rings. The number of carbonyl (C=O) groups is 1. The van der Waals surface area contributed by atoms with Gasteiger partial charge in [0.2, 0.25) is 11.9 Å². The highest BCUT2D eigenvalue weighted by atomic mass is 19.1. The van der Waals surface area contributed by atoms with Crippen LogP contribution in [0.1, 0.15) is 18.4 Å². The fourth-order valence-electron chi connectivity index (χ4n) is 4.01. The molecule has 1 amide bonds. The number of carbonyl (C=O) groups excluding carboxylic acids is 1. The molecule has 0 radical (unpaired) electrons. The highest BCUT2D eigenvalue weighted by Gasteiger charge is 2.52. The van der Waals surface area contributed by atoms with E-state index in [1.165, 1.54) is 11.6 Å². The first kappa shape index (κ1) is 17.8. The van der Waals surface area contributed by atoms with Crippen LogP contribution in [-0.4, -0.2) is 34.1 Å². The Hall–Kier alpha value is -3.32. The number of rotatable bonds is 4. The van der Waals surface area contributed by atoms with Gasteiger partial charge in [-0.2, -0.15) is 0 Å². The van der Waals surface area contributed by atoms with Crippen LogP contribution in [0.25, 0.3) is 11.1 Å². The molecule has 1 saturated carbocycles. The zero-order valence-electron chi connectivity index (χ0n) is 15.6. The van der Waals surface area contributed by atoms with Gasteiger partial charge in [-0.1, -0.05) is 24.3 Å². The van der Waals surface area contributed by atoms with Crippen LogP contribution in [0.2, 0.25) is 0 Å². The van der Waals surface area contributed by atoms with Crippen LogP contribution >= 0.6 is 0 Å². The lowest BCUT2D eigenvalue weighted by Gasteiger charge is -2.18. The minimum atomic E-state index is -0.564. The van der Waals surface area contributed by atoms with Crippen molar-refractivity contribution in [3.05, 3.63) is 66.2 Å². The van der Waals surface area contributed by atoms with Gasteiger partial charge in [0.15, 0.2) is 0 Å². The van der Waals surface area contributed by atoms with Crippen molar-refractivity contribution in [2.45, 2.75) is 18.3 Å². The van der Waals surface area contributed by atoms with Crippen LogP contribution < -0.4 is 10.2 Å². The van der Waals surface area contributed by atoms with E-state index in [-0.39, 0.29) is 11.2 Å². The van der Waals surface area contributed by atoms with Crippen molar-refractivity contribution in [2.75, 3.05) is 23.4 Å². The van der Waals surface area contributed by atoms with Gasteiger partial charge in [0, 0.05) is 46.9 Å². The number of nitrogens with zero attached hydrogens (tertiary/aromatic N) is 3. The van der Waals surface area contributed by atoms with E-state index in [4.69, 9.17) is 5.11 Å². The van der Waals surface area contributed by atoms with Crippen LogP contribution in [0.3, 0.4) is 0 Å². The molecule has 2 N–H and O–H groups in total. The van der Waals surface area contributed by atoms with Gasteiger partial charge in [0.05, 0.1) is 0 Å². The summed E-state index contributed by atoms with van der Waals surface area (Å²) in [7, 11) is 0. The lowest BCUT2D eigenvalue weighted by molar-refractivity contribution is -0.118. The van der Waals surface area contributed by atoms with Crippen LogP contribution in [-0.2, 0) is 10.2 Å². The van der Waals surface area contributed by atoms with Crippen LogP contribution in [0, 0.1) is 5.82 Å². The second-order valence-corrected chi connectivity index (χ2v) is 7.56. The van der Waals surface area contributed by atoms with Gasteiger partial charge < -0.3 is 15.3 Å². The van der Waals surface area contributed by atoms with E-state index in [0.29, 0.717) is 22.8 Å². The molecule has 7 heteroatoms. The first-order valence-electron chi connectivity index (χ1n) is 9.49. The molecule has 5 rings (SSSR count). The average Bonchev–Trinajstić information content (AvgIpc) is 3.45. The molecule has 0 saturated heterocycles. The van der Waals surface area contributed by atoms with E-state index in [2.05, 4.69) is 15.3 Å². The number of fused-ring (bicyclic) bond motifs is 2. The summed E-state index contributed by atoms with van der Waals surface area (Å²) in [5, 5.41) is 11.7. The highest BCUT2D eigenvalue weighted by Crippen LogP contribution is 2.58. The quantitative estimate of drug-likeness (QED) is 0.714. The lowest BCUT2D eigenvalue weighted by Crippen LogP contribution is -2.21. The molecule has 3 aromatic rings. The zero-order chi connectivity index (χ0) is 20.0. The molecule has 1 fully saturated rings. The predicted octanol–water partition coefficient (Wildman–Crippen LogP) is 3.40. The van der Waals surface area contributed by atoms with Gasteiger partial charge >= 0.3 is 0 Å². The van der Waals surface area contributed by atoms with Crippen LogP contribution in [0.4, 0.5) is 21.7 Å². The van der Waals surface area contributed by atoms with Gasteiger partial charge in [0.1, 0.15) is 12.4 Å². The molecule has 6 nitrogen and oxygen atoms in total. The molecule has 1 aromatic heterocycles. The van der Waals surface area contributed by atoms with E-state index >= 15 is 0 Å². The molecule has 1 spiro atoms. The number of hydrogen-bond donors (Lipinski definition) is 2. The monoisotopic (exact) mass is 390 g/mol. The molecule has 146 valence electrons. The normalized spacial score (nSPS) is 16.0. The standard InChI is InChI=1S/C22H19FN4O2/c23-18-4-2-1-3-16(18)14-10-24-21(25-11-14)27-13-22(7-8-22)17-6-5-15(9-19(17)27)26-20(29)12-28/h1-6,9-11,28H,7-8,12-13H2,(H,26,29). The maximum absolute atomic E-state index is 14.0. The van der Waals surface area contributed by atoms with Crippen molar-refractivity contribution < 1.29 is 14.3 Å². The molecule has 1 aliphatic carbocycles. The molecule has 1 aliphatic heterocycles. The second kappa shape index (κ2) is 6.63. The summed E-state index contributed by atoms with van der Waals surface area (Å²) in [5.41, 5.74) is 4.00. The fourth-order valence-corrected chi connectivity index (χ4v) is 4.01. The molecule has 0 unspecified atom stereocenters. The Morgan fingerprint density at radius 2 is 1.93 bits per heavy atom. The molecule has 2 aromatic carbocycles. The fraction of sp³-hybridized carbons (Fsp3) is 0.227. The van der Waals surface area contributed by atoms with E-state index in [0.717, 1.165) is 25.1 Å². The third-order valence-corrected chi connectivity index (χ3v) is 5.67. The number of benzene rings is 2. The zero-order valence-corrected chi connectivity index (χ0v) is 15.6. The second-order valence-electron chi connectivity index (χ2n) is 7.56. The SMILES string of the molecule is O=C(CO)Nc1ccc2c(c1)N(c1ncc(-c3ccccc3F)cn1)CC21CC1. The molecule has 0 atom stereocenters. The van der Waals surface area contributed by atoms with Gasteiger partial charge in [-0.15, -0.1) is 0 Å².